The molecule has 4 aromatic rings. The molecule has 0 spiro atoms. The second-order valence-electron chi connectivity index (χ2n) is 12.8. The van der Waals surface area contributed by atoms with Crippen LogP contribution in [0, 0.1) is 0 Å². The highest BCUT2D eigenvalue weighted by atomic mass is 32.1. The summed E-state index contributed by atoms with van der Waals surface area (Å²) in [5, 5.41) is 3.89. The third kappa shape index (κ3) is 9.98. The molecule has 2 fully saturated rings. The topological polar surface area (TPSA) is 93.2 Å². The van der Waals surface area contributed by atoms with Gasteiger partial charge in [-0.25, -0.2) is 9.59 Å². The summed E-state index contributed by atoms with van der Waals surface area (Å²) in [7, 11) is 0. The summed E-state index contributed by atoms with van der Waals surface area (Å²) in [4.78, 5) is 60.6. The summed E-state index contributed by atoms with van der Waals surface area (Å²) in [6, 6.07) is 26.4. The van der Waals surface area contributed by atoms with Gasteiger partial charge in [-0.2, -0.15) is 0 Å². The largest absolute Gasteiger partial charge is 0.442 e. The number of ether oxygens (including phenoxy) is 2. The van der Waals surface area contributed by atoms with Crippen LogP contribution in [-0.2, 0) is 28.7 Å². The normalized spacial score (nSPS) is 17.8. The molecule has 8 nitrogen and oxygen atoms in total. The summed E-state index contributed by atoms with van der Waals surface area (Å²) in [5.41, 5.74) is 1.46. The van der Waals surface area contributed by atoms with Gasteiger partial charge in [-0.3, -0.25) is 19.4 Å². The lowest BCUT2D eigenvalue weighted by atomic mass is 9.91. The van der Waals surface area contributed by atoms with Crippen molar-refractivity contribution >= 4 is 58.3 Å². The van der Waals surface area contributed by atoms with Crippen LogP contribution in [0.2, 0.25) is 0 Å². The van der Waals surface area contributed by atoms with Gasteiger partial charge in [-0.15, -0.1) is 22.7 Å². The molecule has 2 saturated heterocycles. The van der Waals surface area contributed by atoms with Gasteiger partial charge in [-0.05, 0) is 84.0 Å². The van der Waals surface area contributed by atoms with Crippen molar-refractivity contribution < 1.29 is 28.7 Å². The maximum Gasteiger partial charge on any atom is 0.332 e. The first-order valence-corrected chi connectivity index (χ1v) is 19.4. The number of allylic oxidation sites excluding steroid dienone is 2. The summed E-state index contributed by atoms with van der Waals surface area (Å²) >= 11 is 3.06. The molecule has 268 valence electrons. The van der Waals surface area contributed by atoms with Crippen LogP contribution >= 0.6 is 22.7 Å². The minimum absolute atomic E-state index is 0.189. The first-order chi connectivity index (χ1) is 25.5. The number of ketones is 2. The number of hydrogen-bond acceptors (Lipinski definition) is 10. The van der Waals surface area contributed by atoms with Crippen molar-refractivity contribution in [1.82, 2.24) is 9.80 Å². The molecule has 0 bridgehead atoms. The van der Waals surface area contributed by atoms with Gasteiger partial charge in [0.25, 0.3) is 0 Å². The highest BCUT2D eigenvalue weighted by molar-refractivity contribution is 7.11. The Balaban J connectivity index is 1.21. The van der Waals surface area contributed by atoms with E-state index in [2.05, 4.69) is 0 Å². The molecule has 0 saturated carbocycles. The molecule has 4 heterocycles. The number of nitrogens with zero attached hydrogens (tertiary/aromatic N) is 2. The predicted octanol–water partition coefficient (Wildman–Crippen LogP) is 7.73. The molecule has 0 aliphatic carbocycles. The highest BCUT2D eigenvalue weighted by Crippen LogP contribution is 2.31. The number of esters is 2. The molecule has 0 radical (unpaired) electrons. The van der Waals surface area contributed by atoms with E-state index in [0.717, 1.165) is 58.7 Å². The molecule has 2 aromatic heterocycles. The fourth-order valence-electron chi connectivity index (χ4n) is 6.72. The predicted molar refractivity (Wildman–Crippen MR) is 206 cm³/mol. The van der Waals surface area contributed by atoms with Gasteiger partial charge in [0, 0.05) is 48.1 Å². The number of carbonyl (C=O) groups is 4. The van der Waals surface area contributed by atoms with Gasteiger partial charge in [0.05, 0.1) is 11.8 Å². The first kappa shape index (κ1) is 37.0. The minimum atomic E-state index is -0.883. The number of thiophene rings is 2. The zero-order valence-electron chi connectivity index (χ0n) is 28.8. The summed E-state index contributed by atoms with van der Waals surface area (Å²) in [6.45, 7) is 2.68. The van der Waals surface area contributed by atoms with Gasteiger partial charge in [-0.1, -0.05) is 72.8 Å². The van der Waals surface area contributed by atoms with Crippen LogP contribution in [0.25, 0.3) is 12.2 Å². The van der Waals surface area contributed by atoms with Crippen LogP contribution in [0.4, 0.5) is 0 Å². The minimum Gasteiger partial charge on any atom is -0.442 e. The summed E-state index contributed by atoms with van der Waals surface area (Å²) < 4.78 is 12.1. The van der Waals surface area contributed by atoms with Crippen molar-refractivity contribution in [3.63, 3.8) is 0 Å². The zero-order valence-corrected chi connectivity index (χ0v) is 30.5. The maximum absolute atomic E-state index is 13.9. The molecule has 4 atom stereocenters. The van der Waals surface area contributed by atoms with Crippen LogP contribution in [0.15, 0.2) is 120 Å². The Morgan fingerprint density at radius 2 is 0.904 bits per heavy atom. The molecule has 0 N–H and O–H groups in total. The molecule has 52 heavy (non-hydrogen) atoms. The second kappa shape index (κ2) is 18.7. The van der Waals surface area contributed by atoms with E-state index in [4.69, 9.17) is 9.47 Å². The van der Waals surface area contributed by atoms with Crippen molar-refractivity contribution in [3.8, 4) is 0 Å². The molecular formula is C42H42N2O6S2. The van der Waals surface area contributed by atoms with E-state index in [1.165, 1.54) is 22.7 Å². The van der Waals surface area contributed by atoms with Crippen LogP contribution in [0.1, 0.15) is 58.4 Å². The maximum atomic E-state index is 13.9. The highest BCUT2D eigenvalue weighted by Gasteiger charge is 2.38. The molecular weight excluding hydrogens is 693 g/mol. The summed E-state index contributed by atoms with van der Waals surface area (Å²) in [6.07, 6.45) is 10.7. The Morgan fingerprint density at radius 3 is 1.25 bits per heavy atom. The van der Waals surface area contributed by atoms with E-state index >= 15 is 0 Å². The van der Waals surface area contributed by atoms with Crippen molar-refractivity contribution in [3.05, 3.63) is 141 Å². The Hall–Kier alpha value is -4.74. The van der Waals surface area contributed by atoms with Crippen LogP contribution < -0.4 is 0 Å². The van der Waals surface area contributed by atoms with Crippen molar-refractivity contribution in [2.75, 3.05) is 26.2 Å². The van der Waals surface area contributed by atoms with Crippen molar-refractivity contribution in [2.45, 2.75) is 50.0 Å². The van der Waals surface area contributed by atoms with Crippen LogP contribution in [0.3, 0.4) is 0 Å². The third-order valence-electron chi connectivity index (χ3n) is 9.24. The second-order valence-corrected chi connectivity index (χ2v) is 14.7. The average Bonchev–Trinajstić information content (AvgIpc) is 4.02. The average molecular weight is 735 g/mol. The van der Waals surface area contributed by atoms with Crippen molar-refractivity contribution in [2.24, 2.45) is 0 Å². The smallest absolute Gasteiger partial charge is 0.332 e. The summed E-state index contributed by atoms with van der Waals surface area (Å²) in [5.74, 6) is -3.47. The Kier molecular flexibility index (Phi) is 13.3. The SMILES string of the molecule is O=C(/C=C\C(=O)OC(C(C(=O)C=Cc1cccs1)c1ccccc1)N1CCCC1)OC(C(C(=O)C=Cc1cccs1)c1ccccc1)N1CCCC1. The van der Waals surface area contributed by atoms with E-state index < -0.39 is 36.2 Å². The number of rotatable bonds is 16. The fraction of sp³-hybridized carbons (Fsp3) is 0.286. The van der Waals surface area contributed by atoms with Gasteiger partial charge >= 0.3 is 11.9 Å². The van der Waals surface area contributed by atoms with Crippen LogP contribution in [-0.4, -0.2) is 71.9 Å². The standard InChI is InChI=1S/C42H42N2O6S2/c45-35(21-19-33-17-11-29-51-33)39(31-13-3-1-4-14-31)41(43-25-7-8-26-43)49-37(47)23-24-38(48)50-42(44-27-9-10-28-44)40(32-15-5-2-6-16-32)36(46)22-20-34-18-12-30-52-34/h1-6,11-24,29-30,39-42H,7-10,25-28H2/b21-19?,22-20?,24-23-. The van der Waals surface area contributed by atoms with E-state index in [9.17, 15) is 19.2 Å². The van der Waals surface area contributed by atoms with Gasteiger partial charge in [0.1, 0.15) is 0 Å². The lowest BCUT2D eigenvalue weighted by molar-refractivity contribution is -0.159. The molecule has 2 aliphatic heterocycles. The quantitative estimate of drug-likeness (QED) is 0.0854. The third-order valence-corrected chi connectivity index (χ3v) is 10.9. The fourth-order valence-corrected chi connectivity index (χ4v) is 7.96. The van der Waals surface area contributed by atoms with Gasteiger partial charge in [0.2, 0.25) is 0 Å². The number of likely N-dealkylation sites (tertiary alicyclic amines) is 2. The molecule has 4 unspecified atom stereocenters. The molecule has 0 amide bonds. The first-order valence-electron chi connectivity index (χ1n) is 17.6. The molecule has 2 aromatic carbocycles. The monoisotopic (exact) mass is 734 g/mol. The Morgan fingerprint density at radius 1 is 0.519 bits per heavy atom. The van der Waals surface area contributed by atoms with E-state index in [1.54, 1.807) is 24.3 Å². The van der Waals surface area contributed by atoms with Gasteiger partial charge < -0.3 is 9.47 Å². The van der Waals surface area contributed by atoms with E-state index in [0.29, 0.717) is 26.2 Å². The van der Waals surface area contributed by atoms with E-state index in [1.807, 2.05) is 105 Å². The van der Waals surface area contributed by atoms with E-state index in [-0.39, 0.29) is 11.6 Å². The Bertz CT molecular complexity index is 1710. The number of hydrogen-bond donors (Lipinski definition) is 0. The lowest BCUT2D eigenvalue weighted by Gasteiger charge is -2.33. The van der Waals surface area contributed by atoms with Gasteiger partial charge in [0.15, 0.2) is 24.0 Å². The zero-order chi connectivity index (χ0) is 36.1. The molecule has 6 rings (SSSR count). The van der Waals surface area contributed by atoms with Crippen molar-refractivity contribution in [1.29, 1.82) is 0 Å². The lowest BCUT2D eigenvalue weighted by Crippen LogP contribution is -2.44. The molecule has 10 heteroatoms. The number of benzene rings is 2. The molecule has 2 aliphatic rings. The Labute approximate surface area is 312 Å². The van der Waals surface area contributed by atoms with Crippen LogP contribution in [0.5, 0.6) is 0 Å². The number of carbonyl (C=O) groups excluding carboxylic acids is 4.